The fourth-order valence-electron chi connectivity index (χ4n) is 3.75. The molecule has 8 heteroatoms. The Hall–Kier alpha value is -3.00. The monoisotopic (exact) mass is 423 g/mol. The third-order valence-electron chi connectivity index (χ3n) is 5.22. The number of hydrogen-bond acceptors (Lipinski definition) is 6. The van der Waals surface area contributed by atoms with Gasteiger partial charge >= 0.3 is 0 Å². The molecular formula is C22H25N5O2S. The van der Waals surface area contributed by atoms with E-state index in [2.05, 4.69) is 29.3 Å². The van der Waals surface area contributed by atoms with Crippen molar-refractivity contribution in [1.82, 2.24) is 14.9 Å². The first-order chi connectivity index (χ1) is 14.4. The zero-order valence-electron chi connectivity index (χ0n) is 17.3. The van der Waals surface area contributed by atoms with Crippen molar-refractivity contribution in [2.75, 3.05) is 16.5 Å². The lowest BCUT2D eigenvalue weighted by Gasteiger charge is -2.22. The van der Waals surface area contributed by atoms with E-state index in [0.29, 0.717) is 11.0 Å². The fourth-order valence-corrected chi connectivity index (χ4v) is 4.48. The van der Waals surface area contributed by atoms with Gasteiger partial charge in [0.2, 0.25) is 11.1 Å². The molecule has 156 valence electrons. The Bertz CT molecular complexity index is 1080. The van der Waals surface area contributed by atoms with E-state index in [4.69, 9.17) is 10.6 Å². The molecule has 0 spiro atoms. The summed E-state index contributed by atoms with van der Waals surface area (Å²) in [7, 11) is 0. The average Bonchev–Trinajstić information content (AvgIpc) is 3.24. The molecule has 7 nitrogen and oxygen atoms in total. The van der Waals surface area contributed by atoms with Crippen LogP contribution in [0.3, 0.4) is 0 Å². The van der Waals surface area contributed by atoms with Gasteiger partial charge in [-0.15, -0.1) is 10.2 Å². The Morgan fingerprint density at radius 2 is 2.03 bits per heavy atom. The van der Waals surface area contributed by atoms with Crippen molar-refractivity contribution in [2.45, 2.75) is 45.0 Å². The van der Waals surface area contributed by atoms with Crippen LogP contribution in [0.15, 0.2) is 47.6 Å². The van der Waals surface area contributed by atoms with E-state index in [9.17, 15) is 4.79 Å². The van der Waals surface area contributed by atoms with Crippen molar-refractivity contribution in [1.29, 1.82) is 0 Å². The Balaban J connectivity index is 1.38. The molecule has 2 N–H and O–H groups in total. The van der Waals surface area contributed by atoms with Crippen LogP contribution in [-0.4, -0.2) is 32.6 Å². The first-order valence-corrected chi connectivity index (χ1v) is 10.8. The quantitative estimate of drug-likeness (QED) is 0.484. The molecule has 3 aromatic rings. The van der Waals surface area contributed by atoms with Crippen molar-refractivity contribution in [2.24, 2.45) is 0 Å². The maximum Gasteiger partial charge on any atom is 0.237 e. The highest BCUT2D eigenvalue weighted by molar-refractivity contribution is 7.99. The van der Waals surface area contributed by atoms with Crippen LogP contribution in [0, 0.1) is 13.8 Å². The van der Waals surface area contributed by atoms with Gasteiger partial charge in [-0.1, -0.05) is 47.7 Å². The van der Waals surface area contributed by atoms with Gasteiger partial charge in [0.25, 0.3) is 0 Å². The second-order valence-electron chi connectivity index (χ2n) is 7.56. The Morgan fingerprint density at radius 3 is 2.83 bits per heavy atom. The minimum Gasteiger partial charge on any atom is -0.485 e. The zero-order valence-corrected chi connectivity index (χ0v) is 18.1. The maximum absolute atomic E-state index is 12.9. The molecule has 0 unspecified atom stereocenters. The SMILES string of the molecule is Cc1ccc(OCc2nnc(SCC(=O)N3c4ccccc4C[C@@H]3C)n2N)c(C)c1. The summed E-state index contributed by atoms with van der Waals surface area (Å²) in [5.41, 5.74) is 4.43. The number of fused-ring (bicyclic) bond motifs is 1. The van der Waals surface area contributed by atoms with Gasteiger partial charge in [0, 0.05) is 11.7 Å². The number of nitrogens with two attached hydrogens (primary N) is 1. The summed E-state index contributed by atoms with van der Waals surface area (Å²) in [5.74, 6) is 7.71. The number of carbonyl (C=O) groups excluding carboxylic acids is 1. The van der Waals surface area contributed by atoms with Crippen molar-refractivity contribution in [3.63, 3.8) is 0 Å². The fraction of sp³-hybridized carbons (Fsp3) is 0.318. The van der Waals surface area contributed by atoms with Crippen LogP contribution >= 0.6 is 11.8 Å². The van der Waals surface area contributed by atoms with Gasteiger partial charge in [-0.3, -0.25) is 4.79 Å². The van der Waals surface area contributed by atoms with E-state index < -0.39 is 0 Å². The first-order valence-electron chi connectivity index (χ1n) is 9.86. The molecule has 30 heavy (non-hydrogen) atoms. The van der Waals surface area contributed by atoms with Gasteiger partial charge in [-0.25, -0.2) is 4.68 Å². The second-order valence-corrected chi connectivity index (χ2v) is 8.50. The third kappa shape index (κ3) is 4.00. The molecule has 0 bridgehead atoms. The van der Waals surface area contributed by atoms with Crippen LogP contribution < -0.4 is 15.5 Å². The van der Waals surface area contributed by atoms with E-state index in [1.54, 1.807) is 0 Å². The molecule has 0 radical (unpaired) electrons. The highest BCUT2D eigenvalue weighted by Gasteiger charge is 2.30. The van der Waals surface area contributed by atoms with Crippen LogP contribution in [0.1, 0.15) is 29.4 Å². The summed E-state index contributed by atoms with van der Waals surface area (Å²) in [6.07, 6.45) is 0.875. The van der Waals surface area contributed by atoms with Crippen LogP contribution in [-0.2, 0) is 17.8 Å². The molecule has 1 atom stereocenters. The van der Waals surface area contributed by atoms with Gasteiger partial charge in [0.15, 0.2) is 5.82 Å². The average molecular weight is 424 g/mol. The molecule has 1 aliphatic rings. The van der Waals surface area contributed by atoms with Crippen LogP contribution in [0.4, 0.5) is 5.69 Å². The third-order valence-corrected chi connectivity index (χ3v) is 6.15. The number of carbonyl (C=O) groups is 1. The van der Waals surface area contributed by atoms with Crippen molar-refractivity contribution < 1.29 is 9.53 Å². The Labute approximate surface area is 180 Å². The number of benzene rings is 2. The molecule has 0 saturated heterocycles. The second kappa shape index (κ2) is 8.39. The minimum atomic E-state index is 0.0357. The summed E-state index contributed by atoms with van der Waals surface area (Å²) in [6.45, 7) is 6.31. The number of aromatic nitrogens is 3. The number of anilines is 1. The summed E-state index contributed by atoms with van der Waals surface area (Å²) < 4.78 is 7.24. The smallest absolute Gasteiger partial charge is 0.237 e. The van der Waals surface area contributed by atoms with E-state index in [-0.39, 0.29) is 24.3 Å². The number of thioether (sulfide) groups is 1. The lowest BCUT2D eigenvalue weighted by Crippen LogP contribution is -2.37. The molecule has 1 aromatic heterocycles. The first kappa shape index (κ1) is 20.3. The normalized spacial score (nSPS) is 15.3. The molecule has 2 heterocycles. The predicted molar refractivity (Wildman–Crippen MR) is 118 cm³/mol. The summed E-state index contributed by atoms with van der Waals surface area (Å²) in [4.78, 5) is 14.7. The highest BCUT2D eigenvalue weighted by Crippen LogP contribution is 2.32. The van der Waals surface area contributed by atoms with Gasteiger partial charge in [0.05, 0.1) is 5.75 Å². The summed E-state index contributed by atoms with van der Waals surface area (Å²) in [5, 5.41) is 8.74. The molecule has 1 aliphatic heterocycles. The number of nitrogen functional groups attached to an aromatic ring is 1. The van der Waals surface area contributed by atoms with E-state index in [1.165, 1.54) is 27.6 Å². The number of nitrogens with zero attached hydrogens (tertiary/aromatic N) is 4. The van der Waals surface area contributed by atoms with Gasteiger partial charge in [-0.05, 0) is 50.5 Å². The topological polar surface area (TPSA) is 86.3 Å². The number of para-hydroxylation sites is 1. The van der Waals surface area contributed by atoms with Crippen molar-refractivity contribution in [3.8, 4) is 5.75 Å². The van der Waals surface area contributed by atoms with Crippen LogP contribution in [0.25, 0.3) is 0 Å². The molecule has 0 aliphatic carbocycles. The number of amides is 1. The van der Waals surface area contributed by atoms with E-state index >= 15 is 0 Å². The summed E-state index contributed by atoms with van der Waals surface area (Å²) >= 11 is 1.28. The number of rotatable bonds is 6. The Kier molecular flexibility index (Phi) is 5.67. The molecular weight excluding hydrogens is 398 g/mol. The van der Waals surface area contributed by atoms with Crippen molar-refractivity contribution in [3.05, 3.63) is 65.0 Å². The molecule has 0 saturated carbocycles. The van der Waals surface area contributed by atoms with Gasteiger partial charge in [0.1, 0.15) is 12.4 Å². The highest BCUT2D eigenvalue weighted by atomic mass is 32.2. The van der Waals surface area contributed by atoms with Crippen LogP contribution in [0.2, 0.25) is 0 Å². The standard InChI is InChI=1S/C22H25N5O2S/c1-14-8-9-19(15(2)10-14)29-12-20-24-25-22(27(20)23)30-13-21(28)26-16(3)11-17-6-4-5-7-18(17)26/h4-10,16H,11-13,23H2,1-3H3/t16-/m0/s1. The predicted octanol–water partition coefficient (Wildman–Crippen LogP) is 3.26. The van der Waals surface area contributed by atoms with Crippen molar-refractivity contribution >= 4 is 23.4 Å². The number of ether oxygens (including phenoxy) is 1. The van der Waals surface area contributed by atoms with E-state index in [1.807, 2.05) is 49.1 Å². The van der Waals surface area contributed by atoms with Gasteiger partial charge < -0.3 is 15.5 Å². The molecule has 1 amide bonds. The lowest BCUT2D eigenvalue weighted by molar-refractivity contribution is -0.116. The molecule has 4 rings (SSSR count). The number of hydrogen-bond donors (Lipinski definition) is 1. The largest absolute Gasteiger partial charge is 0.485 e. The minimum absolute atomic E-state index is 0.0357. The van der Waals surface area contributed by atoms with Gasteiger partial charge in [-0.2, -0.15) is 0 Å². The number of aryl methyl sites for hydroxylation is 2. The lowest BCUT2D eigenvalue weighted by atomic mass is 10.1. The zero-order chi connectivity index (χ0) is 21.3. The molecule has 2 aromatic carbocycles. The van der Waals surface area contributed by atoms with E-state index in [0.717, 1.165) is 23.4 Å². The summed E-state index contributed by atoms with van der Waals surface area (Å²) in [6, 6.07) is 14.2. The maximum atomic E-state index is 12.9. The Morgan fingerprint density at radius 1 is 1.23 bits per heavy atom. The molecule has 0 fully saturated rings. The van der Waals surface area contributed by atoms with Crippen LogP contribution in [0.5, 0.6) is 5.75 Å².